The summed E-state index contributed by atoms with van der Waals surface area (Å²) in [4.78, 5) is 23.5. The fraction of sp³-hybridized carbons (Fsp3) is 0.125. The van der Waals surface area contributed by atoms with Crippen LogP contribution in [0.1, 0.15) is 5.56 Å². The Balaban J connectivity index is 1.81. The van der Waals surface area contributed by atoms with Crippen molar-refractivity contribution in [2.75, 3.05) is 17.2 Å². The van der Waals surface area contributed by atoms with E-state index >= 15 is 0 Å². The number of hydrogen-bond acceptors (Lipinski definition) is 2. The summed E-state index contributed by atoms with van der Waals surface area (Å²) < 4.78 is 0.801. The van der Waals surface area contributed by atoms with E-state index in [0.29, 0.717) is 11.4 Å². The maximum absolute atomic E-state index is 11.8. The van der Waals surface area contributed by atoms with Crippen molar-refractivity contribution in [1.29, 1.82) is 0 Å². The minimum atomic E-state index is -0.427. The third kappa shape index (κ3) is 4.89. The minimum absolute atomic E-state index is 0.112. The van der Waals surface area contributed by atoms with Gasteiger partial charge in [-0.05, 0) is 52.7 Å². The van der Waals surface area contributed by atoms with Gasteiger partial charge in [0.15, 0.2) is 0 Å². The van der Waals surface area contributed by atoms with Crippen molar-refractivity contribution in [3.63, 3.8) is 0 Å². The summed E-state index contributed by atoms with van der Waals surface area (Å²) in [6.07, 6.45) is 0. The molecule has 0 spiro atoms. The highest BCUT2D eigenvalue weighted by Crippen LogP contribution is 2.23. The standard InChI is InChI=1S/C16H16BrN3O2/c1-11-7-8-14(13(17)9-11)20-15(21)10-18-16(22)19-12-5-3-2-4-6-12/h2-9H,10H2,1H3,(H,20,21)(H2,18,19,22). The molecule has 0 heterocycles. The number of urea groups is 1. The predicted molar refractivity (Wildman–Crippen MR) is 91.0 cm³/mol. The molecule has 0 bridgehead atoms. The average Bonchev–Trinajstić information content (AvgIpc) is 2.49. The average molecular weight is 362 g/mol. The molecule has 2 aromatic carbocycles. The van der Waals surface area contributed by atoms with Gasteiger partial charge in [-0.15, -0.1) is 0 Å². The summed E-state index contributed by atoms with van der Waals surface area (Å²) in [7, 11) is 0. The lowest BCUT2D eigenvalue weighted by Gasteiger charge is -2.10. The van der Waals surface area contributed by atoms with Gasteiger partial charge in [-0.1, -0.05) is 24.3 Å². The maximum Gasteiger partial charge on any atom is 0.319 e. The van der Waals surface area contributed by atoms with Gasteiger partial charge in [0.2, 0.25) is 5.91 Å². The fourth-order valence-corrected chi connectivity index (χ4v) is 2.37. The van der Waals surface area contributed by atoms with Crippen molar-refractivity contribution in [3.8, 4) is 0 Å². The second-order valence-corrected chi connectivity index (χ2v) is 5.56. The van der Waals surface area contributed by atoms with Crippen molar-refractivity contribution in [2.24, 2.45) is 0 Å². The molecule has 2 rings (SSSR count). The minimum Gasteiger partial charge on any atom is -0.329 e. The summed E-state index contributed by atoms with van der Waals surface area (Å²) in [6, 6.07) is 14.2. The normalized spacial score (nSPS) is 9.91. The van der Waals surface area contributed by atoms with Crippen LogP contribution in [-0.4, -0.2) is 18.5 Å². The highest BCUT2D eigenvalue weighted by Gasteiger charge is 2.08. The number of carbonyl (C=O) groups excluding carboxylic acids is 2. The number of halogens is 1. The van der Waals surface area contributed by atoms with Crippen LogP contribution in [0.4, 0.5) is 16.2 Å². The number of rotatable bonds is 4. The van der Waals surface area contributed by atoms with Gasteiger partial charge in [0.1, 0.15) is 0 Å². The molecule has 22 heavy (non-hydrogen) atoms. The number of amides is 3. The van der Waals surface area contributed by atoms with Crippen LogP contribution in [0.25, 0.3) is 0 Å². The van der Waals surface area contributed by atoms with Crippen LogP contribution in [0, 0.1) is 6.92 Å². The van der Waals surface area contributed by atoms with Gasteiger partial charge in [0.25, 0.3) is 0 Å². The Labute approximate surface area is 137 Å². The zero-order valence-corrected chi connectivity index (χ0v) is 13.6. The second-order valence-electron chi connectivity index (χ2n) is 4.71. The van der Waals surface area contributed by atoms with E-state index in [2.05, 4.69) is 31.9 Å². The zero-order chi connectivity index (χ0) is 15.9. The van der Waals surface area contributed by atoms with E-state index in [1.807, 2.05) is 37.3 Å². The zero-order valence-electron chi connectivity index (χ0n) is 12.0. The molecule has 0 radical (unpaired) electrons. The number of benzene rings is 2. The van der Waals surface area contributed by atoms with E-state index in [1.165, 1.54) is 0 Å². The number of hydrogen-bond donors (Lipinski definition) is 3. The molecule has 0 aliphatic carbocycles. The molecule has 114 valence electrons. The fourth-order valence-electron chi connectivity index (χ4n) is 1.77. The highest BCUT2D eigenvalue weighted by atomic mass is 79.9. The molecule has 3 N–H and O–H groups in total. The molecule has 5 nitrogen and oxygen atoms in total. The lowest BCUT2D eigenvalue weighted by molar-refractivity contribution is -0.115. The van der Waals surface area contributed by atoms with Gasteiger partial charge in [0.05, 0.1) is 12.2 Å². The molecule has 0 saturated carbocycles. The Bertz CT molecular complexity index is 674. The van der Waals surface area contributed by atoms with E-state index in [-0.39, 0.29) is 12.5 Å². The molecular weight excluding hydrogens is 346 g/mol. The highest BCUT2D eigenvalue weighted by molar-refractivity contribution is 9.10. The topological polar surface area (TPSA) is 70.2 Å². The van der Waals surface area contributed by atoms with Crippen molar-refractivity contribution in [1.82, 2.24) is 5.32 Å². The van der Waals surface area contributed by atoms with E-state index in [0.717, 1.165) is 10.0 Å². The first-order chi connectivity index (χ1) is 10.5. The molecule has 2 aromatic rings. The Kier molecular flexibility index (Phi) is 5.55. The first kappa shape index (κ1) is 16.0. The van der Waals surface area contributed by atoms with Crippen LogP contribution in [-0.2, 0) is 4.79 Å². The van der Waals surface area contributed by atoms with Crippen LogP contribution < -0.4 is 16.0 Å². The SMILES string of the molecule is Cc1ccc(NC(=O)CNC(=O)Nc2ccccc2)c(Br)c1. The lowest BCUT2D eigenvalue weighted by atomic mass is 10.2. The summed E-state index contributed by atoms with van der Waals surface area (Å²) >= 11 is 3.39. The summed E-state index contributed by atoms with van der Waals surface area (Å²) in [5, 5.41) is 7.87. The lowest BCUT2D eigenvalue weighted by Crippen LogP contribution is -2.35. The van der Waals surface area contributed by atoms with Crippen molar-refractivity contribution in [2.45, 2.75) is 6.92 Å². The van der Waals surface area contributed by atoms with Gasteiger partial charge in [-0.3, -0.25) is 4.79 Å². The van der Waals surface area contributed by atoms with Gasteiger partial charge < -0.3 is 16.0 Å². The molecule has 6 heteroatoms. The van der Waals surface area contributed by atoms with Crippen LogP contribution in [0.3, 0.4) is 0 Å². The van der Waals surface area contributed by atoms with Crippen molar-refractivity contribution < 1.29 is 9.59 Å². The quantitative estimate of drug-likeness (QED) is 0.779. The number of para-hydroxylation sites is 1. The Morgan fingerprint density at radius 2 is 1.77 bits per heavy atom. The molecule has 0 aliphatic heterocycles. The summed E-state index contributed by atoms with van der Waals surface area (Å²) in [6.45, 7) is 1.85. The van der Waals surface area contributed by atoms with Crippen LogP contribution >= 0.6 is 15.9 Å². The molecular formula is C16H16BrN3O2. The number of nitrogens with one attached hydrogen (secondary N) is 3. The first-order valence-electron chi connectivity index (χ1n) is 6.70. The Hall–Kier alpha value is -2.34. The molecule has 0 atom stereocenters. The molecule has 0 saturated heterocycles. The second kappa shape index (κ2) is 7.61. The molecule has 0 aromatic heterocycles. The van der Waals surface area contributed by atoms with Gasteiger partial charge in [0, 0.05) is 10.2 Å². The predicted octanol–water partition coefficient (Wildman–Crippen LogP) is 3.52. The largest absolute Gasteiger partial charge is 0.329 e. The van der Waals surface area contributed by atoms with Gasteiger partial charge in [-0.25, -0.2) is 4.79 Å². The number of carbonyl (C=O) groups is 2. The smallest absolute Gasteiger partial charge is 0.319 e. The number of anilines is 2. The Morgan fingerprint density at radius 1 is 1.05 bits per heavy atom. The van der Waals surface area contributed by atoms with E-state index in [9.17, 15) is 9.59 Å². The first-order valence-corrected chi connectivity index (χ1v) is 7.50. The third-order valence-corrected chi connectivity index (χ3v) is 3.50. The van der Waals surface area contributed by atoms with Crippen LogP contribution in [0.15, 0.2) is 53.0 Å². The molecule has 0 aliphatic rings. The third-order valence-electron chi connectivity index (χ3n) is 2.84. The summed E-state index contributed by atoms with van der Waals surface area (Å²) in [5.41, 5.74) is 2.42. The molecule has 3 amide bonds. The van der Waals surface area contributed by atoms with Crippen LogP contribution in [0.5, 0.6) is 0 Å². The van der Waals surface area contributed by atoms with Crippen molar-refractivity contribution in [3.05, 3.63) is 58.6 Å². The van der Waals surface area contributed by atoms with Gasteiger partial charge >= 0.3 is 6.03 Å². The molecule has 0 unspecified atom stereocenters. The van der Waals surface area contributed by atoms with E-state index < -0.39 is 6.03 Å². The van der Waals surface area contributed by atoms with Crippen molar-refractivity contribution >= 4 is 39.2 Å². The number of aryl methyl sites for hydroxylation is 1. The van der Waals surface area contributed by atoms with E-state index in [1.54, 1.807) is 18.2 Å². The van der Waals surface area contributed by atoms with E-state index in [4.69, 9.17) is 0 Å². The molecule has 0 fully saturated rings. The van der Waals surface area contributed by atoms with Gasteiger partial charge in [-0.2, -0.15) is 0 Å². The summed E-state index contributed by atoms with van der Waals surface area (Å²) in [5.74, 6) is -0.298. The maximum atomic E-state index is 11.8. The monoisotopic (exact) mass is 361 g/mol. The van der Waals surface area contributed by atoms with Crippen LogP contribution in [0.2, 0.25) is 0 Å². The Morgan fingerprint density at radius 3 is 2.45 bits per heavy atom.